The zero-order valence-corrected chi connectivity index (χ0v) is 15.6. The molecular weight excluding hydrogens is 356 g/mol. The number of phenolic OH excluding ortho intramolecular Hbond substituents is 4. The van der Waals surface area contributed by atoms with Crippen molar-refractivity contribution in [2.45, 2.75) is 12.8 Å². The molecule has 3 rings (SSSR count). The van der Waals surface area contributed by atoms with Crippen LogP contribution in [-0.4, -0.2) is 27.5 Å². The van der Waals surface area contributed by atoms with Gasteiger partial charge in [-0.15, -0.1) is 0 Å². The molecule has 0 fully saturated rings. The number of hydrogen-bond donors (Lipinski definition) is 4. The predicted molar refractivity (Wildman–Crippen MR) is 109 cm³/mol. The first-order valence-corrected chi connectivity index (χ1v) is 8.79. The summed E-state index contributed by atoms with van der Waals surface area (Å²) in [6, 6.07) is 14.8. The first-order chi connectivity index (χ1) is 13.4. The zero-order chi connectivity index (χ0) is 20.3. The first kappa shape index (κ1) is 19.2. The summed E-state index contributed by atoms with van der Waals surface area (Å²) in [5, 5.41) is 40.1. The molecule has 1 unspecified atom stereocenters. The average Bonchev–Trinajstić information content (AvgIpc) is 2.67. The standard InChI is InChI=1S/C23H22O5/c1-14(17-7-10-19(25)22(13-17)28-2)23-20(26)11-16(12-21(23)27)4-3-15-5-8-18(24)9-6-15/h3-14,24-27H,1-2H3. The zero-order valence-electron chi connectivity index (χ0n) is 15.6. The minimum absolute atomic E-state index is 0.0232. The monoisotopic (exact) mass is 378 g/mol. The van der Waals surface area contributed by atoms with E-state index in [4.69, 9.17) is 4.74 Å². The fourth-order valence-corrected chi connectivity index (χ4v) is 3.09. The molecule has 3 aromatic carbocycles. The molecule has 4 N–H and O–H groups in total. The van der Waals surface area contributed by atoms with E-state index in [1.807, 2.05) is 13.0 Å². The molecule has 0 saturated heterocycles. The van der Waals surface area contributed by atoms with Crippen molar-refractivity contribution in [3.63, 3.8) is 0 Å². The maximum absolute atomic E-state index is 10.5. The van der Waals surface area contributed by atoms with Crippen molar-refractivity contribution in [1.82, 2.24) is 0 Å². The highest BCUT2D eigenvalue weighted by atomic mass is 16.5. The van der Waals surface area contributed by atoms with Gasteiger partial charge in [-0.05, 0) is 53.1 Å². The fourth-order valence-electron chi connectivity index (χ4n) is 3.09. The minimum Gasteiger partial charge on any atom is -0.508 e. The highest BCUT2D eigenvalue weighted by Crippen LogP contribution is 2.40. The van der Waals surface area contributed by atoms with Gasteiger partial charge in [-0.2, -0.15) is 0 Å². The van der Waals surface area contributed by atoms with E-state index in [-0.39, 0.29) is 28.9 Å². The van der Waals surface area contributed by atoms with Gasteiger partial charge in [0.2, 0.25) is 0 Å². The molecule has 1 atom stereocenters. The lowest BCUT2D eigenvalue weighted by molar-refractivity contribution is 0.372. The summed E-state index contributed by atoms with van der Waals surface area (Å²) in [4.78, 5) is 0. The average molecular weight is 378 g/mol. The molecular formula is C23H22O5. The summed E-state index contributed by atoms with van der Waals surface area (Å²) in [5.74, 6) is 0.189. The Labute approximate surface area is 163 Å². The number of aromatic hydroxyl groups is 4. The van der Waals surface area contributed by atoms with Crippen molar-refractivity contribution < 1.29 is 25.2 Å². The summed E-state index contributed by atoms with van der Waals surface area (Å²) in [5.41, 5.74) is 2.70. The van der Waals surface area contributed by atoms with Crippen LogP contribution >= 0.6 is 0 Å². The van der Waals surface area contributed by atoms with Crippen LogP contribution < -0.4 is 4.74 Å². The van der Waals surface area contributed by atoms with E-state index in [9.17, 15) is 20.4 Å². The van der Waals surface area contributed by atoms with Crippen molar-refractivity contribution in [3.8, 4) is 28.7 Å². The fraction of sp³-hybridized carbons (Fsp3) is 0.130. The van der Waals surface area contributed by atoms with Gasteiger partial charge in [0.15, 0.2) is 11.5 Å². The maximum Gasteiger partial charge on any atom is 0.160 e. The molecule has 0 saturated carbocycles. The maximum atomic E-state index is 10.5. The van der Waals surface area contributed by atoms with E-state index in [1.165, 1.54) is 13.2 Å². The molecule has 5 heteroatoms. The van der Waals surface area contributed by atoms with Crippen molar-refractivity contribution in [2.75, 3.05) is 7.11 Å². The second-order valence-corrected chi connectivity index (χ2v) is 6.55. The van der Waals surface area contributed by atoms with Crippen LogP contribution in [0.1, 0.15) is 35.1 Å². The molecule has 0 aliphatic carbocycles. The topological polar surface area (TPSA) is 90.2 Å². The number of methoxy groups -OCH3 is 1. The van der Waals surface area contributed by atoms with E-state index in [0.717, 1.165) is 11.1 Å². The molecule has 0 amide bonds. The van der Waals surface area contributed by atoms with Crippen molar-refractivity contribution in [3.05, 3.63) is 76.9 Å². The molecule has 0 heterocycles. The first-order valence-electron chi connectivity index (χ1n) is 8.79. The third kappa shape index (κ3) is 4.04. The van der Waals surface area contributed by atoms with Gasteiger partial charge in [0.05, 0.1) is 7.11 Å². The lowest BCUT2D eigenvalue weighted by Crippen LogP contribution is -1.99. The van der Waals surface area contributed by atoms with Gasteiger partial charge >= 0.3 is 0 Å². The van der Waals surface area contributed by atoms with Gasteiger partial charge in [-0.3, -0.25) is 0 Å². The van der Waals surface area contributed by atoms with Crippen LogP contribution in [0.5, 0.6) is 28.7 Å². The highest BCUT2D eigenvalue weighted by molar-refractivity contribution is 5.72. The minimum atomic E-state index is -0.315. The normalized spacial score (nSPS) is 12.2. The second kappa shape index (κ2) is 7.96. The van der Waals surface area contributed by atoms with E-state index < -0.39 is 0 Å². The number of rotatable bonds is 5. The molecule has 0 aliphatic rings. The molecule has 0 bridgehead atoms. The Balaban J connectivity index is 1.90. The summed E-state index contributed by atoms with van der Waals surface area (Å²) in [7, 11) is 1.47. The molecule has 5 nitrogen and oxygen atoms in total. The van der Waals surface area contributed by atoms with Gasteiger partial charge in [-0.25, -0.2) is 0 Å². The Kier molecular flexibility index (Phi) is 5.45. The van der Waals surface area contributed by atoms with Crippen LogP contribution in [0.25, 0.3) is 12.2 Å². The van der Waals surface area contributed by atoms with Crippen molar-refractivity contribution in [1.29, 1.82) is 0 Å². The molecule has 3 aromatic rings. The molecule has 28 heavy (non-hydrogen) atoms. The van der Waals surface area contributed by atoms with Gasteiger partial charge in [0.1, 0.15) is 17.2 Å². The third-order valence-corrected chi connectivity index (χ3v) is 4.66. The second-order valence-electron chi connectivity index (χ2n) is 6.55. The van der Waals surface area contributed by atoms with Gasteiger partial charge in [-0.1, -0.05) is 37.3 Å². The molecule has 0 radical (unpaired) electrons. The van der Waals surface area contributed by atoms with Gasteiger partial charge < -0.3 is 25.2 Å². The SMILES string of the molecule is COc1cc(C(C)c2c(O)cc(C=Cc3ccc(O)cc3)cc2O)ccc1O. The Hall–Kier alpha value is -3.60. The smallest absolute Gasteiger partial charge is 0.160 e. The van der Waals surface area contributed by atoms with Crippen LogP contribution in [-0.2, 0) is 0 Å². The summed E-state index contributed by atoms with van der Waals surface area (Å²) < 4.78 is 5.13. The molecule has 0 aromatic heterocycles. The van der Waals surface area contributed by atoms with Gasteiger partial charge in [0.25, 0.3) is 0 Å². The number of benzene rings is 3. The Morgan fingerprint density at radius 2 is 1.36 bits per heavy atom. The van der Waals surface area contributed by atoms with Crippen LogP contribution in [0.2, 0.25) is 0 Å². The van der Waals surface area contributed by atoms with Crippen molar-refractivity contribution >= 4 is 12.2 Å². The Morgan fingerprint density at radius 3 is 1.96 bits per heavy atom. The summed E-state index contributed by atoms with van der Waals surface area (Å²) in [6.07, 6.45) is 3.59. The molecule has 144 valence electrons. The van der Waals surface area contributed by atoms with E-state index in [1.54, 1.807) is 54.6 Å². The van der Waals surface area contributed by atoms with Gasteiger partial charge in [0, 0.05) is 11.5 Å². The quantitative estimate of drug-likeness (QED) is 0.477. The summed E-state index contributed by atoms with van der Waals surface area (Å²) >= 11 is 0. The van der Waals surface area contributed by atoms with E-state index in [0.29, 0.717) is 16.9 Å². The molecule has 0 aliphatic heterocycles. The molecule has 0 spiro atoms. The van der Waals surface area contributed by atoms with E-state index in [2.05, 4.69) is 0 Å². The van der Waals surface area contributed by atoms with Crippen LogP contribution in [0.15, 0.2) is 54.6 Å². The predicted octanol–water partition coefficient (Wildman–Crippen LogP) is 4.84. The Bertz CT molecular complexity index is 983. The number of ether oxygens (including phenoxy) is 1. The largest absolute Gasteiger partial charge is 0.508 e. The van der Waals surface area contributed by atoms with Crippen molar-refractivity contribution in [2.24, 2.45) is 0 Å². The summed E-state index contributed by atoms with van der Waals surface area (Å²) in [6.45, 7) is 1.85. The van der Waals surface area contributed by atoms with Crippen LogP contribution in [0.4, 0.5) is 0 Å². The lowest BCUT2D eigenvalue weighted by Gasteiger charge is -2.17. The van der Waals surface area contributed by atoms with E-state index >= 15 is 0 Å². The third-order valence-electron chi connectivity index (χ3n) is 4.66. The highest BCUT2D eigenvalue weighted by Gasteiger charge is 2.19. The number of hydrogen-bond acceptors (Lipinski definition) is 5. The van der Waals surface area contributed by atoms with Crippen LogP contribution in [0.3, 0.4) is 0 Å². The van der Waals surface area contributed by atoms with Crippen LogP contribution in [0, 0.1) is 0 Å². The lowest BCUT2D eigenvalue weighted by atomic mass is 9.90. The number of phenols is 4. The Morgan fingerprint density at radius 1 is 0.750 bits per heavy atom.